The third kappa shape index (κ3) is 3.58. The molecule has 1 fully saturated rings. The number of nitrogens with one attached hydrogen (secondary N) is 1. The molecule has 0 unspecified atom stereocenters. The number of piperidine rings is 1. The van der Waals surface area contributed by atoms with Gasteiger partial charge in [-0.1, -0.05) is 0 Å². The van der Waals surface area contributed by atoms with Gasteiger partial charge in [0.15, 0.2) is 0 Å². The van der Waals surface area contributed by atoms with E-state index in [2.05, 4.69) is 40.1 Å². The minimum atomic E-state index is 0.130. The number of anilines is 3. The first-order valence-corrected chi connectivity index (χ1v) is 8.73. The number of hydrogen-bond donors (Lipinski definition) is 1. The van der Waals surface area contributed by atoms with Crippen LogP contribution in [0.5, 0.6) is 0 Å². The number of aryl methyl sites for hydroxylation is 1. The molecule has 0 radical (unpaired) electrons. The van der Waals surface area contributed by atoms with E-state index in [1.54, 1.807) is 30.9 Å². The Morgan fingerprint density at radius 3 is 2.46 bits per heavy atom. The lowest BCUT2D eigenvalue weighted by atomic mass is 9.99. The highest BCUT2D eigenvalue weighted by Gasteiger charge is 2.27. The molecule has 1 saturated heterocycles. The molecule has 0 spiro atoms. The second-order valence-corrected chi connectivity index (χ2v) is 6.18. The quantitative estimate of drug-likeness (QED) is 0.769. The maximum atomic E-state index is 4.69. The fourth-order valence-corrected chi connectivity index (χ4v) is 3.22. The zero-order valence-electron chi connectivity index (χ0n) is 14.6. The normalized spacial score (nSPS) is 17.1. The first-order valence-electron chi connectivity index (χ1n) is 8.73. The molecule has 8 nitrogen and oxygen atoms in total. The van der Waals surface area contributed by atoms with Crippen molar-refractivity contribution in [3.63, 3.8) is 0 Å². The van der Waals surface area contributed by atoms with Gasteiger partial charge in [-0.3, -0.25) is 0 Å². The summed E-state index contributed by atoms with van der Waals surface area (Å²) >= 11 is 0. The average Bonchev–Trinajstić information content (AvgIpc) is 2.69. The van der Waals surface area contributed by atoms with Crippen LogP contribution in [-0.2, 0) is 0 Å². The highest BCUT2D eigenvalue weighted by atomic mass is 15.3. The van der Waals surface area contributed by atoms with Gasteiger partial charge in [0, 0.05) is 37.4 Å². The predicted molar refractivity (Wildman–Crippen MR) is 98.1 cm³/mol. The van der Waals surface area contributed by atoms with Gasteiger partial charge < -0.3 is 10.2 Å². The van der Waals surface area contributed by atoms with Crippen LogP contribution in [0.15, 0.2) is 43.0 Å². The first kappa shape index (κ1) is 16.3. The number of hydrogen-bond acceptors (Lipinski definition) is 8. The first-order chi connectivity index (χ1) is 12.8. The summed E-state index contributed by atoms with van der Waals surface area (Å²) < 4.78 is 0. The van der Waals surface area contributed by atoms with Gasteiger partial charge in [0.2, 0.25) is 11.9 Å². The van der Waals surface area contributed by atoms with Gasteiger partial charge >= 0.3 is 0 Å². The monoisotopic (exact) mass is 348 g/mol. The summed E-state index contributed by atoms with van der Waals surface area (Å²) in [5, 5.41) is 3.16. The molecule has 3 aromatic heterocycles. The Hall–Kier alpha value is -3.16. The second kappa shape index (κ2) is 7.38. The van der Waals surface area contributed by atoms with Crippen molar-refractivity contribution in [1.82, 2.24) is 29.9 Å². The highest BCUT2D eigenvalue weighted by molar-refractivity contribution is 5.49. The van der Waals surface area contributed by atoms with Crippen LogP contribution in [-0.4, -0.2) is 36.4 Å². The Labute approximate surface area is 151 Å². The summed E-state index contributed by atoms with van der Waals surface area (Å²) in [7, 11) is 0. The van der Waals surface area contributed by atoms with Crippen molar-refractivity contribution >= 4 is 17.7 Å². The molecule has 4 rings (SSSR count). The molecule has 0 saturated carbocycles. The van der Waals surface area contributed by atoms with Crippen LogP contribution >= 0.6 is 0 Å². The lowest BCUT2D eigenvalue weighted by Crippen LogP contribution is -2.35. The van der Waals surface area contributed by atoms with Gasteiger partial charge in [-0.25, -0.2) is 29.9 Å². The fraction of sp³-hybridized carbons (Fsp3) is 0.333. The second-order valence-electron chi connectivity index (χ2n) is 6.18. The van der Waals surface area contributed by atoms with Crippen molar-refractivity contribution in [3.8, 4) is 0 Å². The molecule has 1 N–H and O–H groups in total. The third-order valence-corrected chi connectivity index (χ3v) is 4.32. The largest absolute Gasteiger partial charge is 0.332 e. The summed E-state index contributed by atoms with van der Waals surface area (Å²) in [6.07, 6.45) is 10.2. The van der Waals surface area contributed by atoms with E-state index in [4.69, 9.17) is 0 Å². The molecular formula is C18H20N8. The van der Waals surface area contributed by atoms with Gasteiger partial charge in [0.1, 0.15) is 11.6 Å². The lowest BCUT2D eigenvalue weighted by molar-refractivity contribution is 0.457. The Balaban J connectivity index is 1.65. The molecule has 0 aliphatic carbocycles. The van der Waals surface area contributed by atoms with E-state index in [0.717, 1.165) is 37.4 Å². The standard InChI is InChI=1S/C18H20N8/c1-13-23-14(12-16(24-13)25-17-19-7-4-8-20-17)15-6-2-3-11-26(15)18-21-9-5-10-22-18/h4-5,7-10,12,15H,2-3,6,11H2,1H3,(H,19,20,23,24,25)/t15-/m1/s1. The van der Waals surface area contributed by atoms with Gasteiger partial charge in [0.25, 0.3) is 0 Å². The van der Waals surface area contributed by atoms with Gasteiger partial charge in [-0.2, -0.15) is 0 Å². The van der Waals surface area contributed by atoms with E-state index in [0.29, 0.717) is 17.6 Å². The van der Waals surface area contributed by atoms with Crippen molar-refractivity contribution in [2.75, 3.05) is 16.8 Å². The molecule has 0 bridgehead atoms. The lowest BCUT2D eigenvalue weighted by Gasteiger charge is -2.35. The van der Waals surface area contributed by atoms with Crippen molar-refractivity contribution in [2.24, 2.45) is 0 Å². The Bertz CT molecular complexity index is 856. The molecule has 4 heterocycles. The van der Waals surface area contributed by atoms with E-state index < -0.39 is 0 Å². The van der Waals surface area contributed by atoms with Crippen molar-refractivity contribution < 1.29 is 0 Å². The minimum absolute atomic E-state index is 0.130. The zero-order chi connectivity index (χ0) is 17.8. The Morgan fingerprint density at radius 1 is 0.962 bits per heavy atom. The predicted octanol–water partition coefficient (Wildman–Crippen LogP) is 2.84. The summed E-state index contributed by atoms with van der Waals surface area (Å²) in [6, 6.07) is 5.71. The number of nitrogens with zero attached hydrogens (tertiary/aromatic N) is 7. The van der Waals surface area contributed by atoms with Crippen molar-refractivity contribution in [3.05, 3.63) is 54.5 Å². The van der Waals surface area contributed by atoms with Crippen molar-refractivity contribution in [2.45, 2.75) is 32.2 Å². The fourth-order valence-electron chi connectivity index (χ4n) is 3.22. The van der Waals surface area contributed by atoms with Crippen LogP contribution in [0, 0.1) is 6.92 Å². The molecule has 1 aliphatic heterocycles. The molecule has 0 aromatic carbocycles. The van der Waals surface area contributed by atoms with Gasteiger partial charge in [0.05, 0.1) is 11.7 Å². The minimum Gasteiger partial charge on any atom is -0.332 e. The van der Waals surface area contributed by atoms with E-state index >= 15 is 0 Å². The average molecular weight is 348 g/mol. The molecule has 0 amide bonds. The summed E-state index contributed by atoms with van der Waals surface area (Å²) in [5.41, 5.74) is 0.961. The summed E-state index contributed by atoms with van der Waals surface area (Å²) in [5.74, 6) is 2.66. The smallest absolute Gasteiger partial charge is 0.228 e. The van der Waals surface area contributed by atoms with Crippen molar-refractivity contribution in [1.29, 1.82) is 0 Å². The van der Waals surface area contributed by atoms with Crippen LogP contribution in [0.3, 0.4) is 0 Å². The molecule has 1 atom stereocenters. The third-order valence-electron chi connectivity index (χ3n) is 4.32. The van der Waals surface area contributed by atoms with E-state index in [-0.39, 0.29) is 6.04 Å². The highest BCUT2D eigenvalue weighted by Crippen LogP contribution is 2.33. The van der Waals surface area contributed by atoms with Crippen LogP contribution in [0.25, 0.3) is 0 Å². The zero-order valence-corrected chi connectivity index (χ0v) is 14.6. The molecular weight excluding hydrogens is 328 g/mol. The molecule has 1 aliphatic rings. The molecule has 132 valence electrons. The van der Waals surface area contributed by atoms with Crippen LogP contribution in [0.4, 0.5) is 17.7 Å². The van der Waals surface area contributed by atoms with Crippen LogP contribution < -0.4 is 10.2 Å². The number of rotatable bonds is 4. The van der Waals surface area contributed by atoms with Crippen LogP contribution in [0.1, 0.15) is 36.8 Å². The van der Waals surface area contributed by atoms with E-state index in [1.165, 1.54) is 0 Å². The maximum absolute atomic E-state index is 4.69. The summed E-state index contributed by atoms with van der Waals surface area (Å²) in [4.78, 5) is 28.6. The van der Waals surface area contributed by atoms with Gasteiger partial charge in [-0.05, 0) is 38.3 Å². The van der Waals surface area contributed by atoms with Crippen LogP contribution in [0.2, 0.25) is 0 Å². The Kier molecular flexibility index (Phi) is 4.63. The molecule has 26 heavy (non-hydrogen) atoms. The SMILES string of the molecule is Cc1nc(Nc2ncccn2)cc([C@H]2CCCCN2c2ncccn2)n1. The van der Waals surface area contributed by atoms with E-state index in [1.807, 2.05) is 19.1 Å². The van der Waals surface area contributed by atoms with Gasteiger partial charge in [-0.15, -0.1) is 0 Å². The maximum Gasteiger partial charge on any atom is 0.228 e. The Morgan fingerprint density at radius 2 is 1.69 bits per heavy atom. The molecule has 8 heteroatoms. The topological polar surface area (TPSA) is 92.6 Å². The summed E-state index contributed by atoms with van der Waals surface area (Å²) in [6.45, 7) is 2.81. The number of aromatic nitrogens is 6. The van der Waals surface area contributed by atoms with E-state index in [9.17, 15) is 0 Å². The molecule has 3 aromatic rings.